The van der Waals surface area contributed by atoms with Crippen molar-refractivity contribution in [3.63, 3.8) is 0 Å². The lowest BCUT2D eigenvalue weighted by Crippen LogP contribution is -2.34. The number of carbonyl (C=O) groups excluding carboxylic acids is 1. The number of ether oxygens (including phenoxy) is 3. The number of fused-ring (bicyclic) bond motifs is 1. The standard InChI is InChI=1S/C14H12F3N3O3.C9H17NO2/c1-22-13-9(14(15,16)17)4-8(6-19-13)20-2-3-23-11-7-18-12(21)5-10(11)20;1-9(2,3)12-8(11)10-6-4-5-7-10/h4-7H,2-3H2,1H3,(H,18,21);4-7H2,1-3H3. The zero-order chi connectivity index (χ0) is 25.8. The molecule has 0 spiro atoms. The van der Waals surface area contributed by atoms with Crippen molar-refractivity contribution in [1.82, 2.24) is 14.9 Å². The summed E-state index contributed by atoms with van der Waals surface area (Å²) in [5.41, 5.74) is -1.12. The van der Waals surface area contributed by atoms with Crippen molar-refractivity contribution < 1.29 is 32.2 Å². The molecule has 4 heterocycles. The molecule has 192 valence electrons. The molecule has 0 bridgehead atoms. The van der Waals surface area contributed by atoms with Crippen molar-refractivity contribution in [3.05, 3.63) is 40.4 Å². The Hall–Kier alpha value is -3.44. The van der Waals surface area contributed by atoms with Gasteiger partial charge in [-0.05, 0) is 39.7 Å². The van der Waals surface area contributed by atoms with Gasteiger partial charge in [0.15, 0.2) is 5.75 Å². The van der Waals surface area contributed by atoms with Crippen LogP contribution in [-0.2, 0) is 10.9 Å². The first-order chi connectivity index (χ1) is 16.4. The third-order valence-corrected chi connectivity index (χ3v) is 5.13. The summed E-state index contributed by atoms with van der Waals surface area (Å²) in [5, 5.41) is 0. The zero-order valence-electron chi connectivity index (χ0n) is 20.1. The number of pyridine rings is 2. The smallest absolute Gasteiger partial charge is 0.421 e. The van der Waals surface area contributed by atoms with Crippen molar-refractivity contribution in [1.29, 1.82) is 0 Å². The van der Waals surface area contributed by atoms with Crippen LogP contribution < -0.4 is 19.9 Å². The molecule has 2 aromatic heterocycles. The lowest BCUT2D eigenvalue weighted by atomic mass is 10.2. The predicted molar refractivity (Wildman–Crippen MR) is 122 cm³/mol. The maximum atomic E-state index is 13.1. The van der Waals surface area contributed by atoms with E-state index in [0.29, 0.717) is 18.0 Å². The Kier molecular flexibility index (Phi) is 7.81. The van der Waals surface area contributed by atoms with Crippen molar-refractivity contribution in [3.8, 4) is 11.6 Å². The van der Waals surface area contributed by atoms with E-state index >= 15 is 0 Å². The first-order valence-electron chi connectivity index (χ1n) is 11.1. The van der Waals surface area contributed by atoms with E-state index in [-0.39, 0.29) is 29.5 Å². The fourth-order valence-electron chi connectivity index (χ4n) is 3.59. The summed E-state index contributed by atoms with van der Waals surface area (Å²) in [6.45, 7) is 7.95. The molecular formula is C23H29F3N4O5. The number of likely N-dealkylation sites (tertiary alicyclic amines) is 1. The molecule has 1 saturated heterocycles. The monoisotopic (exact) mass is 498 g/mol. The Balaban J connectivity index is 0.000000241. The van der Waals surface area contributed by atoms with Gasteiger partial charge < -0.3 is 29.0 Å². The number of methoxy groups -OCH3 is 1. The summed E-state index contributed by atoms with van der Waals surface area (Å²) in [7, 11) is 1.13. The second-order valence-electron chi connectivity index (χ2n) is 8.97. The maximum absolute atomic E-state index is 13.1. The number of hydrogen-bond acceptors (Lipinski definition) is 7. The second-order valence-corrected chi connectivity index (χ2v) is 8.97. The van der Waals surface area contributed by atoms with Gasteiger partial charge in [0.2, 0.25) is 11.4 Å². The van der Waals surface area contributed by atoms with Crippen LogP contribution in [0.25, 0.3) is 0 Å². The van der Waals surface area contributed by atoms with E-state index in [1.165, 1.54) is 18.5 Å². The summed E-state index contributed by atoms with van der Waals surface area (Å²) in [4.78, 5) is 32.4. The number of alkyl halides is 3. The lowest BCUT2D eigenvalue weighted by Gasteiger charge is -2.31. The third-order valence-electron chi connectivity index (χ3n) is 5.13. The van der Waals surface area contributed by atoms with E-state index in [9.17, 15) is 22.8 Å². The van der Waals surface area contributed by atoms with Crippen LogP contribution >= 0.6 is 0 Å². The van der Waals surface area contributed by atoms with Crippen LogP contribution in [0, 0.1) is 0 Å². The molecule has 0 aromatic carbocycles. The number of carbonyl (C=O) groups is 1. The highest BCUT2D eigenvalue weighted by Crippen LogP contribution is 2.40. The van der Waals surface area contributed by atoms with Crippen molar-refractivity contribution in [2.75, 3.05) is 38.3 Å². The van der Waals surface area contributed by atoms with Gasteiger partial charge >= 0.3 is 12.3 Å². The fraction of sp³-hybridized carbons (Fsp3) is 0.522. The number of aromatic amines is 1. The molecule has 0 radical (unpaired) electrons. The van der Waals surface area contributed by atoms with Crippen LogP contribution in [0.1, 0.15) is 39.2 Å². The molecule has 12 heteroatoms. The normalized spacial score (nSPS) is 15.5. The quantitative estimate of drug-likeness (QED) is 0.658. The molecule has 2 aliphatic heterocycles. The summed E-state index contributed by atoms with van der Waals surface area (Å²) in [6, 6.07) is 2.22. The highest BCUT2D eigenvalue weighted by molar-refractivity contribution is 5.70. The van der Waals surface area contributed by atoms with Crippen LogP contribution in [0.2, 0.25) is 0 Å². The summed E-state index contributed by atoms with van der Waals surface area (Å²) >= 11 is 0. The van der Waals surface area contributed by atoms with Gasteiger partial charge in [-0.15, -0.1) is 0 Å². The minimum Gasteiger partial charge on any atom is -0.488 e. The number of nitrogens with one attached hydrogen (secondary N) is 1. The summed E-state index contributed by atoms with van der Waals surface area (Å²) in [5.74, 6) is -0.110. The molecule has 0 saturated carbocycles. The van der Waals surface area contributed by atoms with Crippen molar-refractivity contribution in [2.24, 2.45) is 0 Å². The van der Waals surface area contributed by atoms with Crippen LogP contribution in [0.5, 0.6) is 11.6 Å². The Labute approximate surface area is 200 Å². The number of amides is 1. The Bertz CT molecular complexity index is 1090. The Morgan fingerprint density at radius 1 is 1.14 bits per heavy atom. The Morgan fingerprint density at radius 2 is 1.83 bits per heavy atom. The van der Waals surface area contributed by atoms with Gasteiger partial charge in [0.1, 0.15) is 17.8 Å². The average molecular weight is 499 g/mol. The van der Waals surface area contributed by atoms with Gasteiger partial charge in [-0.1, -0.05) is 0 Å². The van der Waals surface area contributed by atoms with Gasteiger partial charge in [-0.2, -0.15) is 13.2 Å². The first kappa shape index (κ1) is 26.2. The number of nitrogens with zero attached hydrogens (tertiary/aromatic N) is 3. The minimum atomic E-state index is -4.60. The van der Waals surface area contributed by atoms with Crippen LogP contribution in [0.4, 0.5) is 29.3 Å². The molecule has 9 nitrogen and oxygen atoms in total. The third kappa shape index (κ3) is 6.80. The van der Waals surface area contributed by atoms with Crippen LogP contribution in [0.3, 0.4) is 0 Å². The van der Waals surface area contributed by atoms with E-state index in [1.54, 1.807) is 9.80 Å². The molecule has 2 aliphatic rings. The van der Waals surface area contributed by atoms with Gasteiger partial charge in [0.25, 0.3) is 0 Å². The van der Waals surface area contributed by atoms with Crippen LogP contribution in [-0.4, -0.2) is 59.9 Å². The summed E-state index contributed by atoms with van der Waals surface area (Å²) in [6.07, 6.45) is 0.103. The van der Waals surface area contributed by atoms with E-state index < -0.39 is 17.6 Å². The highest BCUT2D eigenvalue weighted by atomic mass is 19.4. The lowest BCUT2D eigenvalue weighted by molar-refractivity contribution is -0.139. The molecule has 0 atom stereocenters. The van der Waals surface area contributed by atoms with Gasteiger partial charge in [0, 0.05) is 25.4 Å². The first-order valence-corrected chi connectivity index (χ1v) is 11.1. The molecule has 4 rings (SSSR count). The van der Waals surface area contributed by atoms with Gasteiger partial charge in [0.05, 0.1) is 31.2 Å². The number of aromatic nitrogens is 2. The molecule has 0 aliphatic carbocycles. The van der Waals surface area contributed by atoms with Crippen LogP contribution in [0.15, 0.2) is 29.3 Å². The average Bonchev–Trinajstić information content (AvgIpc) is 3.32. The van der Waals surface area contributed by atoms with E-state index in [0.717, 1.165) is 39.1 Å². The molecule has 2 aromatic rings. The number of rotatable bonds is 2. The molecule has 35 heavy (non-hydrogen) atoms. The minimum absolute atomic E-state index is 0.167. The highest BCUT2D eigenvalue weighted by Gasteiger charge is 2.36. The number of halogens is 3. The van der Waals surface area contributed by atoms with Gasteiger partial charge in [-0.3, -0.25) is 4.79 Å². The Morgan fingerprint density at radius 3 is 2.43 bits per heavy atom. The maximum Gasteiger partial charge on any atom is 0.421 e. The van der Waals surface area contributed by atoms with E-state index in [1.807, 2.05) is 20.8 Å². The topological polar surface area (TPSA) is 97.0 Å². The number of hydrogen-bond donors (Lipinski definition) is 1. The second kappa shape index (κ2) is 10.4. The van der Waals surface area contributed by atoms with Crippen molar-refractivity contribution >= 4 is 17.5 Å². The van der Waals surface area contributed by atoms with E-state index in [2.05, 4.69) is 14.7 Å². The van der Waals surface area contributed by atoms with Crippen molar-refractivity contribution in [2.45, 2.75) is 45.4 Å². The number of H-pyrrole nitrogens is 1. The zero-order valence-corrected chi connectivity index (χ0v) is 20.1. The van der Waals surface area contributed by atoms with E-state index in [4.69, 9.17) is 9.47 Å². The predicted octanol–water partition coefficient (Wildman–Crippen LogP) is 4.35. The molecule has 1 fully saturated rings. The number of anilines is 2. The largest absolute Gasteiger partial charge is 0.488 e. The molecule has 1 amide bonds. The summed E-state index contributed by atoms with van der Waals surface area (Å²) < 4.78 is 54.6. The van der Waals surface area contributed by atoms with Gasteiger partial charge in [-0.25, -0.2) is 9.78 Å². The molecule has 1 N–H and O–H groups in total. The SMILES string of the molecule is CC(C)(C)OC(=O)N1CCCC1.COc1ncc(N2CCOc3c[nH]c(=O)cc32)cc1C(F)(F)F. The molecule has 0 unspecified atom stereocenters. The molecular weight excluding hydrogens is 469 g/mol. The fourth-order valence-corrected chi connectivity index (χ4v) is 3.59.